The van der Waals surface area contributed by atoms with Gasteiger partial charge in [0.15, 0.2) is 15.6 Å². The van der Waals surface area contributed by atoms with Crippen LogP contribution in [0.25, 0.3) is 11.3 Å². The molecule has 0 aliphatic heterocycles. The lowest BCUT2D eigenvalue weighted by Crippen LogP contribution is -2.28. The van der Waals surface area contributed by atoms with Gasteiger partial charge in [0.25, 0.3) is 5.91 Å². The van der Waals surface area contributed by atoms with Crippen molar-refractivity contribution in [1.29, 1.82) is 0 Å². The molecule has 3 aromatic rings. The Kier molecular flexibility index (Phi) is 6.55. The summed E-state index contributed by atoms with van der Waals surface area (Å²) in [5.74, 6) is -1.85. The molecule has 0 radical (unpaired) electrons. The number of nitrogens with zero attached hydrogens (tertiary/aromatic N) is 2. The Morgan fingerprint density at radius 3 is 2.35 bits per heavy atom. The maximum Gasteiger partial charge on any atom is 0.321 e. The molecular weight excluding hydrogens is 418 g/mol. The van der Waals surface area contributed by atoms with E-state index in [1.807, 2.05) is 30.3 Å². The molecule has 1 aromatic heterocycles. The minimum absolute atomic E-state index is 0.0133. The predicted molar refractivity (Wildman–Crippen MR) is 115 cm³/mol. The van der Waals surface area contributed by atoms with Gasteiger partial charge in [-0.2, -0.15) is 5.10 Å². The summed E-state index contributed by atoms with van der Waals surface area (Å²) in [6.45, 7) is 1.80. The van der Waals surface area contributed by atoms with E-state index < -0.39 is 21.6 Å². The molecular formula is C22H23N3O5S. The summed E-state index contributed by atoms with van der Waals surface area (Å²) in [6, 6.07) is 16.9. The number of benzene rings is 2. The van der Waals surface area contributed by atoms with E-state index in [4.69, 9.17) is 0 Å². The van der Waals surface area contributed by atoms with Crippen LogP contribution in [0.4, 0.5) is 0 Å². The SMILES string of the molecule is COC(=O)CS(=O)(=O)c1ccc(C(C)NC(=O)c2cc(-c3ccccc3)nn2C)cc1. The first-order valence-electron chi connectivity index (χ1n) is 9.51. The van der Waals surface area contributed by atoms with Gasteiger partial charge in [-0.05, 0) is 30.7 Å². The minimum Gasteiger partial charge on any atom is -0.468 e. The number of esters is 1. The van der Waals surface area contributed by atoms with Crippen LogP contribution < -0.4 is 5.32 Å². The van der Waals surface area contributed by atoms with E-state index in [0.29, 0.717) is 11.4 Å². The van der Waals surface area contributed by atoms with Crippen LogP contribution in [0.1, 0.15) is 29.0 Å². The smallest absolute Gasteiger partial charge is 0.321 e. The highest BCUT2D eigenvalue weighted by Crippen LogP contribution is 2.20. The highest BCUT2D eigenvalue weighted by atomic mass is 32.2. The van der Waals surface area contributed by atoms with Crippen LogP contribution in [0.5, 0.6) is 0 Å². The molecule has 162 valence electrons. The van der Waals surface area contributed by atoms with Crippen LogP contribution in [-0.4, -0.2) is 42.9 Å². The minimum atomic E-state index is -3.78. The second-order valence-corrected chi connectivity index (χ2v) is 8.99. The molecule has 1 amide bonds. The molecule has 8 nitrogen and oxygen atoms in total. The zero-order chi connectivity index (χ0) is 22.6. The molecule has 3 rings (SSSR count). The van der Waals surface area contributed by atoms with Crippen molar-refractivity contribution in [2.45, 2.75) is 17.9 Å². The monoisotopic (exact) mass is 441 g/mol. The van der Waals surface area contributed by atoms with Gasteiger partial charge >= 0.3 is 5.97 Å². The molecule has 9 heteroatoms. The predicted octanol–water partition coefficient (Wildman–Crippen LogP) is 2.52. The molecule has 0 fully saturated rings. The van der Waals surface area contributed by atoms with Crippen LogP contribution in [-0.2, 0) is 26.4 Å². The number of sulfone groups is 1. The summed E-state index contributed by atoms with van der Waals surface area (Å²) >= 11 is 0. The number of aryl methyl sites for hydroxylation is 1. The van der Waals surface area contributed by atoms with Gasteiger partial charge in [-0.25, -0.2) is 8.42 Å². The molecule has 0 aliphatic rings. The van der Waals surface area contributed by atoms with Crippen molar-refractivity contribution >= 4 is 21.7 Å². The van der Waals surface area contributed by atoms with Crippen LogP contribution in [0.15, 0.2) is 65.6 Å². The summed E-state index contributed by atoms with van der Waals surface area (Å²) in [6.07, 6.45) is 0. The Morgan fingerprint density at radius 2 is 1.74 bits per heavy atom. The summed E-state index contributed by atoms with van der Waals surface area (Å²) in [4.78, 5) is 24.1. The van der Waals surface area contributed by atoms with Gasteiger partial charge in [0.05, 0.1) is 23.7 Å². The average molecular weight is 442 g/mol. The Morgan fingerprint density at radius 1 is 1.10 bits per heavy atom. The molecule has 1 heterocycles. The fourth-order valence-electron chi connectivity index (χ4n) is 3.04. The highest BCUT2D eigenvalue weighted by Gasteiger charge is 2.21. The number of ether oxygens (including phenoxy) is 1. The highest BCUT2D eigenvalue weighted by molar-refractivity contribution is 7.92. The Labute approximate surface area is 180 Å². The number of hydrogen-bond donors (Lipinski definition) is 1. The van der Waals surface area contributed by atoms with Crippen molar-refractivity contribution in [1.82, 2.24) is 15.1 Å². The lowest BCUT2D eigenvalue weighted by atomic mass is 10.1. The first-order chi connectivity index (χ1) is 14.7. The second kappa shape index (κ2) is 9.13. The van der Waals surface area contributed by atoms with Crippen molar-refractivity contribution in [2.24, 2.45) is 7.05 Å². The third-order valence-electron chi connectivity index (χ3n) is 4.80. The van der Waals surface area contributed by atoms with Gasteiger partial charge < -0.3 is 10.1 Å². The lowest BCUT2D eigenvalue weighted by molar-refractivity contribution is -0.137. The average Bonchev–Trinajstić information content (AvgIpc) is 3.16. The number of nitrogens with one attached hydrogen (secondary N) is 1. The molecule has 0 aliphatic carbocycles. The molecule has 1 N–H and O–H groups in total. The number of aromatic nitrogens is 2. The van der Waals surface area contributed by atoms with Crippen molar-refractivity contribution < 1.29 is 22.7 Å². The summed E-state index contributed by atoms with van der Waals surface area (Å²) in [7, 11) is -0.946. The third kappa shape index (κ3) is 5.18. The molecule has 1 unspecified atom stereocenters. The third-order valence-corrected chi connectivity index (χ3v) is 6.41. The van der Waals surface area contributed by atoms with Gasteiger partial charge in [-0.1, -0.05) is 42.5 Å². The van der Waals surface area contributed by atoms with E-state index in [1.165, 1.54) is 16.8 Å². The number of amides is 1. The first-order valence-corrected chi connectivity index (χ1v) is 11.2. The molecule has 1 atom stereocenters. The summed E-state index contributed by atoms with van der Waals surface area (Å²) < 4.78 is 30.4. The van der Waals surface area contributed by atoms with E-state index in [2.05, 4.69) is 15.2 Å². The topological polar surface area (TPSA) is 107 Å². The quantitative estimate of drug-likeness (QED) is 0.565. The second-order valence-electron chi connectivity index (χ2n) is 7.00. The number of hydrogen-bond acceptors (Lipinski definition) is 6. The van der Waals surface area contributed by atoms with Crippen molar-refractivity contribution in [3.63, 3.8) is 0 Å². The van der Waals surface area contributed by atoms with Crippen molar-refractivity contribution in [3.05, 3.63) is 71.9 Å². The Balaban J connectivity index is 1.72. The maximum absolute atomic E-state index is 12.8. The Hall–Kier alpha value is -3.46. The van der Waals surface area contributed by atoms with Crippen LogP contribution in [0, 0.1) is 0 Å². The van der Waals surface area contributed by atoms with Crippen molar-refractivity contribution in [2.75, 3.05) is 12.9 Å². The first kappa shape index (κ1) is 22.2. The maximum atomic E-state index is 12.8. The fourth-order valence-corrected chi connectivity index (χ4v) is 4.19. The van der Waals surface area contributed by atoms with Gasteiger partial charge in [-0.15, -0.1) is 0 Å². The number of rotatable bonds is 7. The normalized spacial score (nSPS) is 12.2. The standard InChI is InChI=1S/C22H23N3O5S/c1-15(16-9-11-18(12-10-16)31(28,29)14-21(26)30-3)23-22(27)20-13-19(24-25(20)2)17-7-5-4-6-8-17/h4-13,15H,14H2,1-3H3,(H,23,27). The van der Waals surface area contributed by atoms with Crippen LogP contribution in [0.2, 0.25) is 0 Å². The molecule has 0 saturated heterocycles. The molecule has 0 bridgehead atoms. The number of methoxy groups -OCH3 is 1. The number of carbonyl (C=O) groups is 2. The van der Waals surface area contributed by atoms with Crippen molar-refractivity contribution in [3.8, 4) is 11.3 Å². The van der Waals surface area contributed by atoms with Gasteiger partial charge in [-0.3, -0.25) is 14.3 Å². The zero-order valence-corrected chi connectivity index (χ0v) is 18.2. The van der Waals surface area contributed by atoms with E-state index in [9.17, 15) is 18.0 Å². The van der Waals surface area contributed by atoms with E-state index in [-0.39, 0.29) is 16.8 Å². The fraction of sp³-hybridized carbons (Fsp3) is 0.227. The molecule has 2 aromatic carbocycles. The molecule has 31 heavy (non-hydrogen) atoms. The van der Waals surface area contributed by atoms with Gasteiger partial charge in [0.1, 0.15) is 5.69 Å². The zero-order valence-electron chi connectivity index (χ0n) is 17.4. The van der Waals surface area contributed by atoms with Crippen LogP contribution >= 0.6 is 0 Å². The van der Waals surface area contributed by atoms with E-state index >= 15 is 0 Å². The molecule has 0 spiro atoms. The summed E-state index contributed by atoms with van der Waals surface area (Å²) in [5, 5.41) is 7.30. The largest absolute Gasteiger partial charge is 0.468 e. The molecule has 0 saturated carbocycles. The van der Waals surface area contributed by atoms with Gasteiger partial charge in [0, 0.05) is 12.6 Å². The van der Waals surface area contributed by atoms with Crippen LogP contribution in [0.3, 0.4) is 0 Å². The Bertz CT molecular complexity index is 1190. The van der Waals surface area contributed by atoms with E-state index in [0.717, 1.165) is 18.2 Å². The number of carbonyl (C=O) groups excluding carboxylic acids is 2. The summed E-state index contributed by atoms with van der Waals surface area (Å²) in [5.41, 5.74) is 2.73. The lowest BCUT2D eigenvalue weighted by Gasteiger charge is -2.15. The van der Waals surface area contributed by atoms with E-state index in [1.54, 1.807) is 32.2 Å². The van der Waals surface area contributed by atoms with Gasteiger partial charge in [0.2, 0.25) is 0 Å².